The van der Waals surface area contributed by atoms with Crippen LogP contribution in [0.1, 0.15) is 50.5 Å². The fourth-order valence-corrected chi connectivity index (χ4v) is 5.38. The van der Waals surface area contributed by atoms with Crippen molar-refractivity contribution >= 4 is 29.9 Å². The van der Waals surface area contributed by atoms with Gasteiger partial charge in [0.25, 0.3) is 5.91 Å². The van der Waals surface area contributed by atoms with E-state index in [1.807, 2.05) is 28.9 Å². The van der Waals surface area contributed by atoms with Crippen molar-refractivity contribution in [1.29, 1.82) is 0 Å². The summed E-state index contributed by atoms with van der Waals surface area (Å²) in [7, 11) is 0. The van der Waals surface area contributed by atoms with Gasteiger partial charge in [-0.05, 0) is 43.2 Å². The number of aromatic nitrogens is 2. The summed E-state index contributed by atoms with van der Waals surface area (Å²) in [4.78, 5) is 55.3. The Bertz CT molecular complexity index is 1080. The first-order valence-electron chi connectivity index (χ1n) is 12.7. The number of rotatable bonds is 10. The third-order valence-corrected chi connectivity index (χ3v) is 7.20. The van der Waals surface area contributed by atoms with E-state index in [0.29, 0.717) is 56.2 Å². The van der Waals surface area contributed by atoms with E-state index < -0.39 is 23.9 Å². The number of hydrogen-bond donors (Lipinski definition) is 3. The van der Waals surface area contributed by atoms with Gasteiger partial charge in [-0.25, -0.2) is 14.8 Å². The van der Waals surface area contributed by atoms with Gasteiger partial charge in [-0.1, -0.05) is 31.7 Å². The molecule has 1 aliphatic heterocycles. The fourth-order valence-electron chi connectivity index (χ4n) is 5.38. The summed E-state index contributed by atoms with van der Waals surface area (Å²) < 4.78 is 1.90. The van der Waals surface area contributed by atoms with Crippen LogP contribution in [0.3, 0.4) is 0 Å². The molecule has 0 bridgehead atoms. The molecule has 2 aromatic heterocycles. The van der Waals surface area contributed by atoms with Crippen LogP contribution in [-0.2, 0) is 20.8 Å². The molecule has 1 saturated heterocycles. The number of fused-ring (bicyclic) bond motifs is 1. The Morgan fingerprint density at radius 1 is 1.19 bits per heavy atom. The molecule has 194 valence electrons. The number of amides is 5. The Labute approximate surface area is 209 Å². The predicted octanol–water partition coefficient (Wildman–Crippen LogP) is 1.74. The average molecular weight is 499 g/mol. The minimum Gasteiger partial charge on any atom is -0.337 e. The number of pyridine rings is 1. The minimum atomic E-state index is -0.749. The summed E-state index contributed by atoms with van der Waals surface area (Å²) >= 11 is 0. The summed E-state index contributed by atoms with van der Waals surface area (Å²) in [5.41, 5.74) is 1.86. The van der Waals surface area contributed by atoms with Crippen LogP contribution in [0.5, 0.6) is 0 Å². The van der Waals surface area contributed by atoms with Crippen LogP contribution in [0.25, 0.3) is 5.65 Å². The normalized spacial score (nSPS) is 18.8. The molecule has 2 atom stereocenters. The van der Waals surface area contributed by atoms with Gasteiger partial charge in [0.15, 0.2) is 0 Å². The molecule has 0 aromatic carbocycles. The van der Waals surface area contributed by atoms with Gasteiger partial charge in [0, 0.05) is 31.7 Å². The van der Waals surface area contributed by atoms with Crippen molar-refractivity contribution in [3.8, 4) is 0 Å². The van der Waals surface area contributed by atoms with Crippen molar-refractivity contribution in [2.24, 2.45) is 11.8 Å². The molecule has 1 saturated carbocycles. The third-order valence-electron chi connectivity index (χ3n) is 7.20. The molecule has 36 heavy (non-hydrogen) atoms. The summed E-state index contributed by atoms with van der Waals surface area (Å²) in [6.45, 7) is 0.645. The zero-order chi connectivity index (χ0) is 25.5. The zero-order valence-electron chi connectivity index (χ0n) is 20.3. The van der Waals surface area contributed by atoms with Crippen molar-refractivity contribution in [1.82, 2.24) is 30.0 Å². The summed E-state index contributed by atoms with van der Waals surface area (Å²) in [6, 6.07) is 2.49. The second-order valence-electron chi connectivity index (χ2n) is 9.73. The SMILES string of the molecule is O=CN(O)C[C@@H](CC1CCCC1)C(=O)N1CCC[C@H]1C(=O)NC(=O)NCCc1ccc2nccn2c1. The molecule has 0 unspecified atom stereocenters. The van der Waals surface area contributed by atoms with Gasteiger partial charge < -0.3 is 14.6 Å². The molecule has 3 N–H and O–H groups in total. The molecule has 2 fully saturated rings. The number of imide groups is 1. The Kier molecular flexibility index (Phi) is 8.52. The van der Waals surface area contributed by atoms with Gasteiger partial charge in [0.05, 0.1) is 12.5 Å². The second kappa shape index (κ2) is 12.0. The Balaban J connectivity index is 1.29. The number of nitrogens with one attached hydrogen (secondary N) is 2. The lowest BCUT2D eigenvalue weighted by molar-refractivity contribution is -0.158. The first kappa shape index (κ1) is 25.6. The maximum atomic E-state index is 13.4. The maximum absolute atomic E-state index is 13.4. The van der Waals surface area contributed by atoms with E-state index in [4.69, 9.17) is 0 Å². The highest BCUT2D eigenvalue weighted by Gasteiger charge is 2.39. The number of hydrogen-bond acceptors (Lipinski definition) is 6. The molecule has 0 radical (unpaired) electrons. The maximum Gasteiger partial charge on any atom is 0.321 e. The lowest BCUT2D eigenvalue weighted by Gasteiger charge is -2.30. The second-order valence-corrected chi connectivity index (χ2v) is 9.73. The molecule has 1 aliphatic carbocycles. The van der Waals surface area contributed by atoms with Crippen LogP contribution >= 0.6 is 0 Å². The van der Waals surface area contributed by atoms with E-state index in [1.54, 1.807) is 6.20 Å². The number of imidazole rings is 1. The van der Waals surface area contributed by atoms with Gasteiger partial charge in [-0.3, -0.25) is 24.9 Å². The predicted molar refractivity (Wildman–Crippen MR) is 130 cm³/mol. The van der Waals surface area contributed by atoms with Crippen molar-refractivity contribution in [2.45, 2.75) is 57.4 Å². The van der Waals surface area contributed by atoms with Gasteiger partial charge in [0.2, 0.25) is 12.3 Å². The van der Waals surface area contributed by atoms with Crippen LogP contribution in [0.4, 0.5) is 4.79 Å². The summed E-state index contributed by atoms with van der Waals surface area (Å²) in [5, 5.41) is 15.3. The number of carbonyl (C=O) groups excluding carboxylic acids is 4. The third kappa shape index (κ3) is 6.39. The van der Waals surface area contributed by atoms with Crippen molar-refractivity contribution < 1.29 is 24.4 Å². The van der Waals surface area contributed by atoms with E-state index in [0.717, 1.165) is 36.9 Å². The van der Waals surface area contributed by atoms with Crippen LogP contribution in [0, 0.1) is 11.8 Å². The van der Waals surface area contributed by atoms with E-state index in [9.17, 15) is 24.4 Å². The molecule has 2 aliphatic rings. The van der Waals surface area contributed by atoms with Crippen LogP contribution in [0.15, 0.2) is 30.7 Å². The number of nitrogens with zero attached hydrogens (tertiary/aromatic N) is 4. The molecular formula is C25H34N6O5. The molecule has 11 heteroatoms. The molecule has 2 aromatic rings. The highest BCUT2D eigenvalue weighted by Crippen LogP contribution is 2.32. The first-order chi connectivity index (χ1) is 17.4. The van der Waals surface area contributed by atoms with Gasteiger partial charge in [-0.15, -0.1) is 0 Å². The molecular weight excluding hydrogens is 464 g/mol. The van der Waals surface area contributed by atoms with Crippen LogP contribution < -0.4 is 10.6 Å². The van der Waals surface area contributed by atoms with Gasteiger partial charge in [0.1, 0.15) is 11.7 Å². The zero-order valence-corrected chi connectivity index (χ0v) is 20.3. The highest BCUT2D eigenvalue weighted by atomic mass is 16.5. The van der Waals surface area contributed by atoms with E-state index in [2.05, 4.69) is 15.6 Å². The summed E-state index contributed by atoms with van der Waals surface area (Å²) in [5.74, 6) is -0.989. The van der Waals surface area contributed by atoms with Crippen molar-refractivity contribution in [2.75, 3.05) is 19.6 Å². The molecule has 4 rings (SSSR count). The van der Waals surface area contributed by atoms with Gasteiger partial charge in [-0.2, -0.15) is 0 Å². The Hall–Kier alpha value is -3.47. The fraction of sp³-hybridized carbons (Fsp3) is 0.560. The number of urea groups is 1. The monoisotopic (exact) mass is 498 g/mol. The molecule has 0 spiro atoms. The standard InChI is InChI=1S/C25H34N6O5/c32-17-30(36)16-20(14-18-4-1-2-5-18)24(34)31-12-3-6-21(31)23(33)28-25(35)27-10-9-19-7-8-22-26-11-13-29(22)15-19/h7-8,11,13,15,17-18,20-21,36H,1-6,9-10,12,14,16H2,(H2,27,28,33,35)/t20-,21+/m1/s1. The first-order valence-corrected chi connectivity index (χ1v) is 12.7. The quantitative estimate of drug-likeness (QED) is 0.259. The van der Waals surface area contributed by atoms with Crippen molar-refractivity contribution in [3.63, 3.8) is 0 Å². The van der Waals surface area contributed by atoms with Crippen LogP contribution in [-0.4, -0.2) is 74.5 Å². The Morgan fingerprint density at radius 3 is 2.78 bits per heavy atom. The number of hydroxylamine groups is 2. The minimum absolute atomic E-state index is 0.102. The smallest absolute Gasteiger partial charge is 0.321 e. The lowest BCUT2D eigenvalue weighted by atomic mass is 9.91. The highest BCUT2D eigenvalue weighted by molar-refractivity contribution is 5.99. The number of likely N-dealkylation sites (tertiary alicyclic amines) is 1. The Morgan fingerprint density at radius 2 is 2.00 bits per heavy atom. The van der Waals surface area contributed by atoms with E-state index >= 15 is 0 Å². The topological polar surface area (TPSA) is 136 Å². The molecule has 3 heterocycles. The van der Waals surface area contributed by atoms with E-state index in [-0.39, 0.29) is 12.5 Å². The molecule has 5 amide bonds. The summed E-state index contributed by atoms with van der Waals surface area (Å²) in [6.07, 6.45) is 12.3. The van der Waals surface area contributed by atoms with Crippen molar-refractivity contribution in [3.05, 3.63) is 36.3 Å². The number of carbonyl (C=O) groups is 4. The van der Waals surface area contributed by atoms with E-state index in [1.165, 1.54) is 4.90 Å². The largest absolute Gasteiger partial charge is 0.337 e. The van der Waals surface area contributed by atoms with Crippen LogP contribution in [0.2, 0.25) is 0 Å². The lowest BCUT2D eigenvalue weighted by Crippen LogP contribution is -2.52. The van der Waals surface area contributed by atoms with Gasteiger partial charge >= 0.3 is 6.03 Å². The molecule has 11 nitrogen and oxygen atoms in total. The average Bonchev–Trinajstić information content (AvgIpc) is 3.64.